The number of nitrogens with one attached hydrogen (secondary N) is 1. The summed E-state index contributed by atoms with van der Waals surface area (Å²) in [5.74, 6) is 0. The molecule has 1 N–H and O–H groups in total. The van der Waals surface area contributed by atoms with E-state index in [4.69, 9.17) is 0 Å². The Morgan fingerprint density at radius 1 is 1.28 bits per heavy atom. The van der Waals surface area contributed by atoms with Gasteiger partial charge >= 0.3 is 0 Å². The monoisotopic (exact) mass is 260 g/mol. The van der Waals surface area contributed by atoms with Gasteiger partial charge in [-0.3, -0.25) is 4.90 Å². The van der Waals surface area contributed by atoms with Crippen LogP contribution < -0.4 is 5.32 Å². The summed E-state index contributed by atoms with van der Waals surface area (Å²) in [6, 6.07) is 0.617. The molecule has 1 saturated heterocycles. The lowest BCUT2D eigenvalue weighted by Crippen LogP contribution is -2.45. The van der Waals surface area contributed by atoms with Crippen molar-refractivity contribution in [2.45, 2.75) is 44.9 Å². The highest BCUT2D eigenvalue weighted by atomic mass is 19.1. The lowest BCUT2D eigenvalue weighted by Gasteiger charge is -2.32. The first-order chi connectivity index (χ1) is 8.29. The van der Waals surface area contributed by atoms with Crippen LogP contribution in [0, 0.1) is 0 Å². The first kappa shape index (κ1) is 15.9. The summed E-state index contributed by atoms with van der Waals surface area (Å²) in [6.07, 6.45) is 0.972. The summed E-state index contributed by atoms with van der Waals surface area (Å²) in [5, 5.41) is 3.27. The number of likely N-dealkylation sites (N-methyl/N-ethyl adjacent to an activating group) is 1. The van der Waals surface area contributed by atoms with Crippen LogP contribution >= 0.6 is 0 Å². The highest BCUT2D eigenvalue weighted by molar-refractivity contribution is 4.84. The number of alkyl halides is 1. The maximum Gasteiger partial charge on any atom is 0.117 e. The van der Waals surface area contributed by atoms with Crippen LogP contribution in [0.1, 0.15) is 26.7 Å². The van der Waals surface area contributed by atoms with E-state index < -0.39 is 6.17 Å². The summed E-state index contributed by atoms with van der Waals surface area (Å²) in [5.41, 5.74) is 0. The highest BCUT2D eigenvalue weighted by Crippen LogP contribution is 2.15. The van der Waals surface area contributed by atoms with Crippen LogP contribution in [-0.2, 0) is 0 Å². The lowest BCUT2D eigenvalue weighted by atomic mass is 10.1. The van der Waals surface area contributed by atoms with Crippen molar-refractivity contribution in [1.82, 2.24) is 10.2 Å². The zero-order valence-electron chi connectivity index (χ0n) is 12.7. The van der Waals surface area contributed by atoms with Crippen molar-refractivity contribution < 1.29 is 8.87 Å². The Bertz CT molecular complexity index is 238. The fourth-order valence-electron chi connectivity index (χ4n) is 2.38. The number of hydrogen-bond donors (Lipinski definition) is 1. The Morgan fingerprint density at radius 2 is 1.94 bits per heavy atom. The van der Waals surface area contributed by atoms with E-state index in [1.807, 2.05) is 0 Å². The molecule has 2 unspecified atom stereocenters. The zero-order chi connectivity index (χ0) is 13.8. The quantitative estimate of drug-likeness (QED) is 0.698. The molecule has 0 saturated carbocycles. The second-order valence-electron chi connectivity index (χ2n) is 6.80. The fraction of sp³-hybridized carbons (Fsp3) is 1.00. The number of nitrogens with zero attached hydrogens (tertiary/aromatic N) is 2. The number of rotatable bonds is 7. The van der Waals surface area contributed by atoms with Crippen molar-refractivity contribution in [2.24, 2.45) is 0 Å². The molecular formula is C14H31FN3+. The average molecular weight is 260 g/mol. The third-order valence-electron chi connectivity index (χ3n) is 3.78. The van der Waals surface area contributed by atoms with Gasteiger partial charge in [-0.1, -0.05) is 0 Å². The molecule has 0 bridgehead atoms. The van der Waals surface area contributed by atoms with E-state index in [1.54, 1.807) is 0 Å². The molecule has 2 atom stereocenters. The lowest BCUT2D eigenvalue weighted by molar-refractivity contribution is -0.869. The third-order valence-corrected chi connectivity index (χ3v) is 3.78. The van der Waals surface area contributed by atoms with Gasteiger partial charge in [0.1, 0.15) is 6.17 Å². The standard InChI is InChI=1S/C14H31FN3/c1-12(2)17(10-11-18(3,4)5)9-7-14-13(15)6-8-16-14/h12-14,16H,6-11H2,1-5H3/q+1. The molecule has 0 aromatic carbocycles. The summed E-state index contributed by atoms with van der Waals surface area (Å²) >= 11 is 0. The molecule has 0 aliphatic carbocycles. The van der Waals surface area contributed by atoms with Gasteiger partial charge < -0.3 is 9.80 Å². The molecule has 1 rings (SSSR count). The van der Waals surface area contributed by atoms with Crippen LogP contribution in [0.4, 0.5) is 4.39 Å². The molecule has 0 spiro atoms. The van der Waals surface area contributed by atoms with Crippen molar-refractivity contribution in [3.05, 3.63) is 0 Å². The van der Waals surface area contributed by atoms with Gasteiger partial charge in [0.25, 0.3) is 0 Å². The molecule has 0 aromatic heterocycles. The van der Waals surface area contributed by atoms with E-state index in [0.717, 1.165) is 37.1 Å². The Labute approximate surface area is 112 Å². The normalized spacial score (nSPS) is 25.3. The van der Waals surface area contributed by atoms with Gasteiger partial charge in [0.05, 0.1) is 27.7 Å². The molecule has 0 aromatic rings. The van der Waals surface area contributed by atoms with Gasteiger partial charge in [0.15, 0.2) is 0 Å². The van der Waals surface area contributed by atoms with Crippen molar-refractivity contribution in [3.8, 4) is 0 Å². The molecule has 0 radical (unpaired) electrons. The second kappa shape index (κ2) is 6.83. The molecule has 1 aliphatic rings. The molecule has 18 heavy (non-hydrogen) atoms. The first-order valence-corrected chi connectivity index (χ1v) is 7.21. The van der Waals surface area contributed by atoms with E-state index in [0.29, 0.717) is 12.5 Å². The van der Waals surface area contributed by atoms with Gasteiger partial charge in [-0.2, -0.15) is 0 Å². The minimum Gasteiger partial charge on any atom is -0.330 e. The van der Waals surface area contributed by atoms with Crippen LogP contribution in [0.5, 0.6) is 0 Å². The molecule has 0 amide bonds. The van der Waals surface area contributed by atoms with Gasteiger partial charge in [0, 0.05) is 25.2 Å². The zero-order valence-corrected chi connectivity index (χ0v) is 12.7. The Balaban J connectivity index is 2.33. The SMILES string of the molecule is CC(C)N(CCC1NCCC1F)CC[N+](C)(C)C. The highest BCUT2D eigenvalue weighted by Gasteiger charge is 2.27. The van der Waals surface area contributed by atoms with Crippen LogP contribution in [0.25, 0.3) is 0 Å². The van der Waals surface area contributed by atoms with Crippen molar-refractivity contribution >= 4 is 0 Å². The molecule has 3 nitrogen and oxygen atoms in total. The van der Waals surface area contributed by atoms with Gasteiger partial charge in [0.2, 0.25) is 0 Å². The van der Waals surface area contributed by atoms with Crippen LogP contribution in [0.15, 0.2) is 0 Å². The minimum atomic E-state index is -0.641. The predicted molar refractivity (Wildman–Crippen MR) is 75.5 cm³/mol. The second-order valence-corrected chi connectivity index (χ2v) is 6.80. The molecule has 1 fully saturated rings. The van der Waals surface area contributed by atoms with E-state index in [-0.39, 0.29) is 6.04 Å². The predicted octanol–water partition coefficient (Wildman–Crippen LogP) is 1.49. The summed E-state index contributed by atoms with van der Waals surface area (Å²) in [4.78, 5) is 2.47. The summed E-state index contributed by atoms with van der Waals surface area (Å²) in [7, 11) is 6.65. The maximum atomic E-state index is 13.5. The molecule has 1 aliphatic heterocycles. The average Bonchev–Trinajstić information content (AvgIpc) is 2.62. The van der Waals surface area contributed by atoms with Crippen LogP contribution in [0.2, 0.25) is 0 Å². The van der Waals surface area contributed by atoms with E-state index in [2.05, 4.69) is 45.2 Å². The molecule has 1 heterocycles. The smallest absolute Gasteiger partial charge is 0.117 e. The fourth-order valence-corrected chi connectivity index (χ4v) is 2.38. The van der Waals surface area contributed by atoms with E-state index >= 15 is 0 Å². The van der Waals surface area contributed by atoms with Crippen LogP contribution in [0.3, 0.4) is 0 Å². The Kier molecular flexibility index (Phi) is 6.02. The van der Waals surface area contributed by atoms with Gasteiger partial charge in [-0.05, 0) is 33.2 Å². The molecule has 4 heteroatoms. The van der Waals surface area contributed by atoms with Crippen LogP contribution in [-0.4, -0.2) is 75.0 Å². The minimum absolute atomic E-state index is 0.0791. The number of quaternary nitrogens is 1. The Hall–Kier alpha value is -0.190. The topological polar surface area (TPSA) is 15.3 Å². The largest absolute Gasteiger partial charge is 0.330 e. The van der Waals surface area contributed by atoms with E-state index in [9.17, 15) is 4.39 Å². The molecular weight excluding hydrogens is 229 g/mol. The maximum absolute atomic E-state index is 13.5. The molecule has 108 valence electrons. The van der Waals surface area contributed by atoms with E-state index in [1.165, 1.54) is 0 Å². The van der Waals surface area contributed by atoms with Crippen molar-refractivity contribution in [2.75, 3.05) is 47.3 Å². The van der Waals surface area contributed by atoms with Gasteiger partial charge in [-0.15, -0.1) is 0 Å². The van der Waals surface area contributed by atoms with Crippen molar-refractivity contribution in [3.63, 3.8) is 0 Å². The third kappa shape index (κ3) is 5.63. The van der Waals surface area contributed by atoms with Crippen molar-refractivity contribution in [1.29, 1.82) is 0 Å². The Morgan fingerprint density at radius 3 is 2.39 bits per heavy atom. The summed E-state index contributed by atoms with van der Waals surface area (Å²) < 4.78 is 14.5. The summed E-state index contributed by atoms with van der Waals surface area (Å²) in [6.45, 7) is 8.51. The number of hydrogen-bond acceptors (Lipinski definition) is 2. The van der Waals surface area contributed by atoms with Gasteiger partial charge in [-0.25, -0.2) is 4.39 Å². The number of halogens is 1. The first-order valence-electron chi connectivity index (χ1n) is 7.21.